The fourth-order valence-corrected chi connectivity index (χ4v) is 7.13. The minimum atomic E-state index is -6.47. The number of hydrogen-bond acceptors (Lipinski definition) is 0. The molecule has 0 radical (unpaired) electrons. The maximum absolute atomic E-state index is 16.2. The minimum absolute atomic E-state index is 0.312. The molecule has 22 heteroatoms. The van der Waals surface area contributed by atoms with Crippen molar-refractivity contribution < 1.29 is 96.6 Å². The lowest BCUT2D eigenvalue weighted by Crippen LogP contribution is -2.52. The van der Waals surface area contributed by atoms with E-state index in [9.17, 15) is 26.3 Å². The molecule has 0 aromatic heterocycles. The van der Waals surface area contributed by atoms with Gasteiger partial charge in [0.25, 0.3) is 0 Å². The molecule has 10 aliphatic carbocycles. The molecule has 0 saturated heterocycles. The van der Waals surface area contributed by atoms with Gasteiger partial charge in [0.2, 0.25) is 0 Å². The molecule has 0 amide bonds. The highest BCUT2D eigenvalue weighted by atomic mass is 19.4. The molecular weight excluding hydrogens is 826 g/mol. The lowest BCUT2D eigenvalue weighted by molar-refractivity contribution is -0.220. The number of halogens is 22. The molecule has 10 aliphatic rings. The van der Waals surface area contributed by atoms with Gasteiger partial charge in [-0.15, -0.1) is 0 Å². The van der Waals surface area contributed by atoms with Gasteiger partial charge in [-0.2, -0.15) is 96.6 Å². The molecule has 56 heavy (non-hydrogen) atoms. The highest BCUT2D eigenvalue weighted by Gasteiger charge is 2.72. The first-order valence-electron chi connectivity index (χ1n) is 15.4. The van der Waals surface area contributed by atoms with Crippen molar-refractivity contribution >= 4 is 0 Å². The molecule has 306 valence electrons. The molecule has 0 N–H and O–H groups in total. The van der Waals surface area contributed by atoms with Crippen LogP contribution in [0, 0.1) is 23.7 Å². The van der Waals surface area contributed by atoms with Crippen LogP contribution in [-0.2, 0) is 23.7 Å². The van der Waals surface area contributed by atoms with Gasteiger partial charge in [0, 0.05) is 56.4 Å². The van der Waals surface area contributed by atoms with Gasteiger partial charge in [-0.3, -0.25) is 0 Å². The second-order valence-corrected chi connectivity index (χ2v) is 13.3. The summed E-state index contributed by atoms with van der Waals surface area (Å²) in [6.45, 7) is 0. The Bertz CT molecular complexity index is 1890. The minimum Gasteiger partial charge on any atom is -0.194 e. The summed E-state index contributed by atoms with van der Waals surface area (Å²) in [6.07, 6.45) is -17.9. The lowest BCUT2D eigenvalue weighted by atomic mass is 9.64. The third-order valence-electron chi connectivity index (χ3n) is 10.1. The van der Waals surface area contributed by atoms with Gasteiger partial charge in [0.15, 0.2) is 0 Å². The normalized spacial score (nSPS) is 30.5. The summed E-state index contributed by atoms with van der Waals surface area (Å²) in [7, 11) is 0. The highest BCUT2D eigenvalue weighted by molar-refractivity contribution is 5.51. The number of rotatable bonds is 1. The van der Waals surface area contributed by atoms with Crippen LogP contribution in [0.2, 0.25) is 0 Å². The summed E-state index contributed by atoms with van der Waals surface area (Å²) in [5.41, 5.74) is -21.0. The van der Waals surface area contributed by atoms with Crippen LogP contribution in [0.25, 0.3) is 0 Å². The Morgan fingerprint density at radius 3 is 0.679 bits per heavy atom. The van der Waals surface area contributed by atoms with E-state index in [0.29, 0.717) is 0 Å². The quantitative estimate of drug-likeness (QED) is 0.198. The van der Waals surface area contributed by atoms with Crippen molar-refractivity contribution in [2.24, 2.45) is 23.7 Å². The molecule has 4 atom stereocenters. The van der Waals surface area contributed by atoms with Crippen LogP contribution >= 0.6 is 0 Å². The first-order chi connectivity index (χ1) is 25.1. The van der Waals surface area contributed by atoms with E-state index in [1.165, 1.54) is 0 Å². The van der Waals surface area contributed by atoms with E-state index in [4.69, 9.17) is 0 Å². The Labute approximate surface area is 297 Å². The van der Waals surface area contributed by atoms with Gasteiger partial charge in [-0.1, -0.05) is 72.8 Å². The molecule has 12 rings (SSSR count). The van der Waals surface area contributed by atoms with E-state index in [1.807, 2.05) is 0 Å². The topological polar surface area (TPSA) is 0 Å². The summed E-state index contributed by atoms with van der Waals surface area (Å²) in [6, 6.07) is -2.56. The van der Waals surface area contributed by atoms with Gasteiger partial charge in [-0.25, -0.2) is 0 Å². The van der Waals surface area contributed by atoms with Crippen molar-refractivity contribution in [2.75, 3.05) is 0 Å². The van der Waals surface area contributed by atoms with Crippen molar-refractivity contribution in [3.05, 3.63) is 117 Å². The van der Waals surface area contributed by atoms with Crippen molar-refractivity contribution in [1.82, 2.24) is 0 Å². The van der Waals surface area contributed by atoms with Crippen molar-refractivity contribution in [3.8, 4) is 0 Å². The Hall–Kier alpha value is -4.14. The number of alkyl halides is 22. The van der Waals surface area contributed by atoms with Crippen LogP contribution in [0.5, 0.6) is 0 Å². The summed E-state index contributed by atoms with van der Waals surface area (Å²) < 4.78 is 339. The Balaban J connectivity index is 1.79. The molecule has 2 aromatic carbocycles. The largest absolute Gasteiger partial charge is 0.399 e. The van der Waals surface area contributed by atoms with E-state index < -0.39 is 152 Å². The predicted molar refractivity (Wildman–Crippen MR) is 147 cm³/mol. The molecule has 8 bridgehead atoms. The molecule has 2 aromatic rings. The molecule has 0 nitrogen and oxygen atoms in total. The lowest BCUT2D eigenvalue weighted by Gasteiger charge is -2.45. The molecule has 0 fully saturated rings. The van der Waals surface area contributed by atoms with E-state index in [0.717, 1.165) is 0 Å². The summed E-state index contributed by atoms with van der Waals surface area (Å²) >= 11 is 0. The molecule has 0 aliphatic heterocycles. The second kappa shape index (κ2) is 11.7. The first-order valence-corrected chi connectivity index (χ1v) is 15.4. The fourth-order valence-electron chi connectivity index (χ4n) is 7.13. The first kappa shape index (κ1) is 41.5. The van der Waals surface area contributed by atoms with Gasteiger partial charge < -0.3 is 0 Å². The summed E-state index contributed by atoms with van der Waals surface area (Å²) in [4.78, 5) is 0. The predicted octanol–water partition coefficient (Wildman–Crippen LogP) is 12.6. The monoisotopic (exact) mass is 842 g/mol. The summed E-state index contributed by atoms with van der Waals surface area (Å²) in [5, 5.41) is 0. The van der Waals surface area contributed by atoms with Gasteiger partial charge in [-0.05, 0) is 0 Å². The third-order valence-corrected chi connectivity index (χ3v) is 10.1. The average molecular weight is 842 g/mol. The van der Waals surface area contributed by atoms with Crippen LogP contribution in [0.4, 0.5) is 96.6 Å². The van der Waals surface area contributed by atoms with E-state index >= 15 is 70.2 Å². The van der Waals surface area contributed by atoms with Crippen LogP contribution in [0.3, 0.4) is 0 Å². The standard InChI is InChI=1S/C34H16F22/c35-25(36)13-1-5-15(6-2-13)27(39,40)31(47,48)21-9-17(19(29(25,43)44)11-23(21)33(51,52)53)18-10-22-24(34(54,55)56)12-20(18)30(45,46)26(37,38)14-3-7-16(8-4-14)28(41,42)32(22,49)50/h1-12,17-18,23-24H/t17-,18+,23+,24-. The van der Waals surface area contributed by atoms with Crippen LogP contribution in [-0.4, -0.2) is 36.0 Å². The number of benzene rings is 2. The molecule has 0 spiro atoms. The van der Waals surface area contributed by atoms with Crippen molar-refractivity contribution in [3.63, 3.8) is 0 Å². The number of allylic oxidation sites excluding steroid dienone is 8. The van der Waals surface area contributed by atoms with Crippen LogP contribution in [0.15, 0.2) is 95.1 Å². The zero-order chi connectivity index (χ0) is 42.4. The molecule has 0 saturated carbocycles. The summed E-state index contributed by atoms with van der Waals surface area (Å²) in [5.74, 6) is -66.8. The van der Waals surface area contributed by atoms with Gasteiger partial charge in [0.1, 0.15) is 11.8 Å². The zero-order valence-electron chi connectivity index (χ0n) is 26.6. The highest BCUT2D eigenvalue weighted by Crippen LogP contribution is 2.64. The fraction of sp³-hybridized carbons (Fsp3) is 0.412. The average Bonchev–Trinajstić information content (AvgIpc) is 3.08. The Kier molecular flexibility index (Phi) is 8.68. The van der Waals surface area contributed by atoms with Crippen LogP contribution in [0.1, 0.15) is 22.3 Å². The van der Waals surface area contributed by atoms with Crippen LogP contribution < -0.4 is 0 Å². The third kappa shape index (κ3) is 5.44. The molecule has 0 unspecified atom stereocenters. The SMILES string of the molecule is FC(F)(F)[C@@H]1C=C2[C@H]([C@H]3C=C4[C@@H](C(F)(F)F)C=C3C(F)(F)C(F)(F)c3ccc(cc3)C(F)(F)C4(F)F)C=C1C(F)(F)C(F)(F)c1ccc(cc1)C(F)(F)C2(F)F. The maximum Gasteiger partial charge on any atom is 0.399 e. The van der Waals surface area contributed by atoms with E-state index in [-0.39, 0.29) is 48.5 Å². The smallest absolute Gasteiger partial charge is 0.194 e. The van der Waals surface area contributed by atoms with E-state index in [1.54, 1.807) is 0 Å². The van der Waals surface area contributed by atoms with E-state index in [2.05, 4.69) is 0 Å². The maximum atomic E-state index is 16.2. The zero-order valence-corrected chi connectivity index (χ0v) is 26.6. The molecular formula is C34H16F22. The Morgan fingerprint density at radius 1 is 0.286 bits per heavy atom. The van der Waals surface area contributed by atoms with Crippen molar-refractivity contribution in [2.45, 2.75) is 59.7 Å². The molecule has 0 heterocycles. The van der Waals surface area contributed by atoms with Gasteiger partial charge in [0.05, 0.1) is 0 Å². The van der Waals surface area contributed by atoms with Crippen molar-refractivity contribution in [1.29, 1.82) is 0 Å². The van der Waals surface area contributed by atoms with Gasteiger partial charge >= 0.3 is 59.7 Å². The Morgan fingerprint density at radius 2 is 0.482 bits per heavy atom. The second-order valence-electron chi connectivity index (χ2n) is 13.3. The number of hydrogen-bond donors (Lipinski definition) is 0.